The Hall–Kier alpha value is -1.04. The van der Waals surface area contributed by atoms with Gasteiger partial charge in [-0.2, -0.15) is 0 Å². The molecule has 2 aromatic rings. The number of hydrogen-bond acceptors (Lipinski definition) is 3. The Morgan fingerprint density at radius 3 is 2.38 bits per heavy atom. The van der Waals surface area contributed by atoms with Crippen LogP contribution >= 0.6 is 0 Å². The van der Waals surface area contributed by atoms with Crippen LogP contribution in [0.4, 0.5) is 4.79 Å². The monoisotopic (exact) mass is 396 g/mol. The van der Waals surface area contributed by atoms with E-state index >= 15 is 0 Å². The second-order valence-corrected chi connectivity index (χ2v) is 22.0. The van der Waals surface area contributed by atoms with Gasteiger partial charge in [-0.1, -0.05) is 0 Å². The molecule has 0 aliphatic rings. The molecule has 0 saturated heterocycles. The summed E-state index contributed by atoms with van der Waals surface area (Å²) < 4.78 is 8.22. The minimum atomic E-state index is -2.12. The van der Waals surface area contributed by atoms with Gasteiger partial charge in [-0.25, -0.2) is 0 Å². The number of nitrogens with zero attached hydrogens (tertiary/aromatic N) is 2. The van der Waals surface area contributed by atoms with Gasteiger partial charge < -0.3 is 0 Å². The number of hydrogen-bond donors (Lipinski definition) is 0. The molecule has 114 valence electrons. The van der Waals surface area contributed by atoms with E-state index < -0.39 is 30.1 Å². The van der Waals surface area contributed by atoms with Gasteiger partial charge in [0.05, 0.1) is 0 Å². The molecule has 1 aromatic carbocycles. The molecule has 0 amide bonds. The van der Waals surface area contributed by atoms with E-state index in [1.54, 1.807) is 0 Å². The number of rotatable bonds is 1. The van der Waals surface area contributed by atoms with E-state index in [-0.39, 0.29) is 0 Å². The molecule has 0 radical (unpaired) electrons. The Bertz CT molecular complexity index is 691. The predicted molar refractivity (Wildman–Crippen MR) is 89.1 cm³/mol. The molecule has 21 heavy (non-hydrogen) atoms. The Balaban J connectivity index is 2.52. The van der Waals surface area contributed by atoms with Crippen LogP contribution in [0.25, 0.3) is 10.9 Å². The normalized spacial score (nSPS) is 12.7. The van der Waals surface area contributed by atoms with E-state index in [0.717, 1.165) is 16.6 Å². The van der Waals surface area contributed by atoms with Crippen LogP contribution in [0.5, 0.6) is 0 Å². The zero-order valence-electron chi connectivity index (χ0n) is 13.9. The van der Waals surface area contributed by atoms with Gasteiger partial charge in [0.15, 0.2) is 0 Å². The number of carbonyl (C=O) groups excluding carboxylic acids is 1. The van der Waals surface area contributed by atoms with Crippen LogP contribution in [-0.4, -0.2) is 39.9 Å². The van der Waals surface area contributed by atoms with E-state index in [2.05, 4.69) is 32.1 Å². The van der Waals surface area contributed by atoms with Crippen LogP contribution in [0, 0.1) is 6.92 Å². The first-order chi connectivity index (χ1) is 9.49. The van der Waals surface area contributed by atoms with Crippen molar-refractivity contribution >= 4 is 39.0 Å². The maximum absolute atomic E-state index is 12.3. The van der Waals surface area contributed by atoms with Crippen molar-refractivity contribution in [3.05, 3.63) is 23.9 Å². The van der Waals surface area contributed by atoms with Crippen molar-refractivity contribution in [2.24, 2.45) is 0 Å². The van der Waals surface area contributed by atoms with Gasteiger partial charge in [0.25, 0.3) is 0 Å². The second-order valence-electron chi connectivity index (χ2n) is 7.46. The fraction of sp³-hybridized carbons (Fsp3) is 0.500. The minimum absolute atomic E-state index is 0.423. The number of carbonyl (C=O) groups is 1. The zero-order chi connectivity index (χ0) is 16.0. The molecule has 1 aromatic heterocycles. The molecule has 2 rings (SSSR count). The Labute approximate surface area is 130 Å². The molecule has 0 fully saturated rings. The third-order valence-corrected chi connectivity index (χ3v) is 9.13. The topological polar surface area (TPSA) is 44.1 Å². The van der Waals surface area contributed by atoms with E-state index in [4.69, 9.17) is 4.74 Å². The van der Waals surface area contributed by atoms with Crippen molar-refractivity contribution in [2.75, 3.05) is 0 Å². The van der Waals surface area contributed by atoms with Gasteiger partial charge in [-0.05, 0) is 0 Å². The van der Waals surface area contributed by atoms with Gasteiger partial charge in [0.2, 0.25) is 0 Å². The van der Waals surface area contributed by atoms with Crippen molar-refractivity contribution < 1.29 is 9.53 Å². The van der Waals surface area contributed by atoms with E-state index in [0.29, 0.717) is 0 Å². The van der Waals surface area contributed by atoms with E-state index in [1.165, 1.54) is 8.26 Å². The molecule has 0 N–H and O–H groups in total. The summed E-state index contributed by atoms with van der Waals surface area (Å²) in [6.07, 6.45) is -0.423. The summed E-state index contributed by atoms with van der Waals surface area (Å²) in [5.74, 6) is 0. The fourth-order valence-electron chi connectivity index (χ4n) is 2.18. The first-order valence-electron chi connectivity index (χ1n) is 7.22. The van der Waals surface area contributed by atoms with Crippen LogP contribution in [0.1, 0.15) is 26.5 Å². The second kappa shape index (κ2) is 5.30. The van der Waals surface area contributed by atoms with Crippen molar-refractivity contribution in [2.45, 2.75) is 48.1 Å². The number of aromatic nitrogens is 2. The molecule has 0 spiro atoms. The molecule has 0 bridgehead atoms. The van der Waals surface area contributed by atoms with E-state index in [9.17, 15) is 4.79 Å². The molecule has 0 aliphatic carbocycles. The third-order valence-electron chi connectivity index (χ3n) is 3.30. The molecule has 0 unspecified atom stereocenters. The van der Waals surface area contributed by atoms with Gasteiger partial charge in [0, 0.05) is 0 Å². The number of fused-ring (bicyclic) bond motifs is 1. The summed E-state index contributed by atoms with van der Waals surface area (Å²) in [5.41, 5.74) is 1.17. The van der Waals surface area contributed by atoms with Gasteiger partial charge in [-0.15, -0.1) is 0 Å². The van der Waals surface area contributed by atoms with Crippen molar-refractivity contribution in [3.63, 3.8) is 0 Å². The van der Waals surface area contributed by atoms with Crippen molar-refractivity contribution in [1.82, 2.24) is 9.78 Å². The third kappa shape index (κ3) is 3.59. The van der Waals surface area contributed by atoms with Crippen LogP contribution in [0.3, 0.4) is 0 Å². The molecule has 0 saturated carbocycles. The summed E-state index contributed by atoms with van der Waals surface area (Å²) >= 11 is -2.12. The molecule has 1 heterocycles. The Morgan fingerprint density at radius 1 is 1.24 bits per heavy atom. The molecular formula is C16H24N2O2Sn. The summed E-state index contributed by atoms with van der Waals surface area (Å²) in [5, 5.41) is 5.41. The average molecular weight is 395 g/mol. The van der Waals surface area contributed by atoms with Gasteiger partial charge in [-0.3, -0.25) is 0 Å². The van der Waals surface area contributed by atoms with Crippen molar-refractivity contribution in [1.29, 1.82) is 0 Å². The Kier molecular flexibility index (Phi) is 4.12. The molecule has 0 atom stereocenters. The molecular weight excluding hydrogens is 371 g/mol. The van der Waals surface area contributed by atoms with Crippen LogP contribution in [0.2, 0.25) is 14.8 Å². The SMILES string of the molecule is Cc1nn(C(=O)OC(C)(C)C)c2cc[c]([Sn]([CH3])([CH3])[CH3])cc12. The van der Waals surface area contributed by atoms with Crippen LogP contribution in [-0.2, 0) is 4.74 Å². The van der Waals surface area contributed by atoms with Gasteiger partial charge >= 0.3 is 130 Å². The quantitative estimate of drug-likeness (QED) is 0.693. The van der Waals surface area contributed by atoms with E-state index in [1.807, 2.05) is 33.8 Å². The fourth-order valence-corrected chi connectivity index (χ4v) is 5.49. The Morgan fingerprint density at radius 2 is 1.86 bits per heavy atom. The number of benzene rings is 1. The summed E-state index contributed by atoms with van der Waals surface area (Å²) in [7, 11) is 0. The average Bonchev–Trinajstić information content (AvgIpc) is 2.63. The first-order valence-corrected chi connectivity index (χ1v) is 17.2. The summed E-state index contributed by atoms with van der Waals surface area (Å²) in [6, 6.07) is 6.34. The van der Waals surface area contributed by atoms with Crippen molar-refractivity contribution in [3.8, 4) is 0 Å². The summed E-state index contributed by atoms with van der Waals surface area (Å²) in [6.45, 7) is 7.51. The van der Waals surface area contributed by atoms with Crippen LogP contribution < -0.4 is 3.58 Å². The van der Waals surface area contributed by atoms with Gasteiger partial charge in [0.1, 0.15) is 0 Å². The maximum atomic E-state index is 12.3. The van der Waals surface area contributed by atoms with Crippen LogP contribution in [0.15, 0.2) is 18.2 Å². The number of aryl methyl sites for hydroxylation is 1. The zero-order valence-corrected chi connectivity index (χ0v) is 16.8. The first kappa shape index (κ1) is 16.3. The molecule has 0 aliphatic heterocycles. The molecule has 5 heteroatoms. The summed E-state index contributed by atoms with van der Waals surface area (Å²) in [4.78, 5) is 19.4. The predicted octanol–water partition coefficient (Wildman–Crippen LogP) is 3.67. The number of ether oxygens (including phenoxy) is 1. The standard InChI is InChI=1S/C13H15N2O2.3CH3.Sn/c1-9-10-7-5-6-8-11(10)15(14-9)12(16)17-13(2,3)4;;;;/h6-8H,1-4H3;3*1H3;. The molecule has 4 nitrogen and oxygen atoms in total.